The van der Waals surface area contributed by atoms with Crippen LogP contribution in [0.1, 0.15) is 6.42 Å². The molecular weight excluding hydrogens is 198 g/mol. The van der Waals surface area contributed by atoms with E-state index in [1.165, 1.54) is 0 Å². The van der Waals surface area contributed by atoms with Crippen molar-refractivity contribution in [2.45, 2.75) is 18.1 Å². The Bertz CT molecular complexity index is 275. The summed E-state index contributed by atoms with van der Waals surface area (Å²) in [5, 5.41) is 34.3. The lowest BCUT2D eigenvalue weighted by Crippen LogP contribution is -2.58. The summed E-state index contributed by atoms with van der Waals surface area (Å²) >= 11 is 0. The molecule has 0 spiro atoms. The molecule has 0 aliphatic carbocycles. The van der Waals surface area contributed by atoms with Crippen molar-refractivity contribution in [1.29, 1.82) is 0 Å². The first kappa shape index (κ1) is 12.3. The van der Waals surface area contributed by atoms with Crippen LogP contribution in [0.15, 0.2) is 0 Å². The van der Waals surface area contributed by atoms with Gasteiger partial charge in [0.05, 0.1) is 6.42 Å². The fourth-order valence-electron chi connectivity index (χ4n) is 0.753. The molecule has 0 aromatic heterocycles. The zero-order valence-electron chi connectivity index (χ0n) is 6.88. The molecule has 2 atom stereocenters. The third-order valence-corrected chi connectivity index (χ3v) is 1.57. The molecule has 0 saturated heterocycles. The number of hydrogen-bond donors (Lipinski definition) is 5. The first-order valence-electron chi connectivity index (χ1n) is 3.37. The number of carboxylic acids is 3. The van der Waals surface area contributed by atoms with Crippen LogP contribution in [0.5, 0.6) is 0 Å². The second-order valence-electron chi connectivity index (χ2n) is 2.62. The number of carboxylic acid groups (broad SMARTS) is 3. The highest BCUT2D eigenvalue weighted by Crippen LogP contribution is 2.15. The average molecular weight is 207 g/mol. The molecule has 14 heavy (non-hydrogen) atoms. The van der Waals surface area contributed by atoms with Crippen molar-refractivity contribution in [3.05, 3.63) is 0 Å². The predicted octanol–water partition coefficient (Wildman–Crippen LogP) is -2.31. The number of rotatable bonds is 5. The molecule has 0 heterocycles. The summed E-state index contributed by atoms with van der Waals surface area (Å²) in [6.07, 6.45) is -1.28. The Morgan fingerprint density at radius 2 is 1.64 bits per heavy atom. The minimum Gasteiger partial charge on any atom is -0.481 e. The zero-order chi connectivity index (χ0) is 11.5. The lowest BCUT2D eigenvalue weighted by atomic mass is 9.91. The summed E-state index contributed by atoms with van der Waals surface area (Å²) in [5.74, 6) is -5.45. The molecule has 0 aliphatic rings. The lowest BCUT2D eigenvalue weighted by Gasteiger charge is -2.24. The Labute approximate surface area is 77.6 Å². The summed E-state index contributed by atoms with van der Waals surface area (Å²) < 4.78 is 0. The van der Waals surface area contributed by atoms with Crippen molar-refractivity contribution in [3.63, 3.8) is 0 Å². The lowest BCUT2D eigenvalue weighted by molar-refractivity contribution is -0.172. The van der Waals surface area contributed by atoms with Crippen LogP contribution in [-0.2, 0) is 14.4 Å². The maximum Gasteiger partial charge on any atom is 0.338 e. The molecule has 0 aromatic rings. The van der Waals surface area contributed by atoms with Crippen molar-refractivity contribution in [1.82, 2.24) is 0 Å². The molecular formula is C6H9NO7. The van der Waals surface area contributed by atoms with Crippen LogP contribution in [0, 0.1) is 0 Å². The number of aliphatic carboxylic acids is 3. The zero-order valence-corrected chi connectivity index (χ0v) is 6.88. The van der Waals surface area contributed by atoms with Crippen molar-refractivity contribution in [2.75, 3.05) is 0 Å². The van der Waals surface area contributed by atoms with Gasteiger partial charge in [0.1, 0.15) is 6.04 Å². The molecule has 0 radical (unpaired) electrons. The summed E-state index contributed by atoms with van der Waals surface area (Å²) in [6, 6.07) is -2.20. The molecule has 0 aromatic carbocycles. The highest BCUT2D eigenvalue weighted by atomic mass is 16.4. The van der Waals surface area contributed by atoms with Gasteiger partial charge in [0.25, 0.3) is 0 Å². The van der Waals surface area contributed by atoms with Gasteiger partial charge in [-0.1, -0.05) is 0 Å². The summed E-state index contributed by atoms with van der Waals surface area (Å²) in [7, 11) is 0. The standard InChI is InChI=1S/C6H9NO7/c7-3(4(10)11)6(14,5(12)13)1-2(8)9/h3,14H,1,7H2,(H,8,9)(H,10,11)(H,12,13)/t3-,6+/m1/s1. The molecule has 8 heteroatoms. The molecule has 6 N–H and O–H groups in total. The van der Waals surface area contributed by atoms with E-state index in [0.717, 1.165) is 0 Å². The molecule has 0 rings (SSSR count). The van der Waals surface area contributed by atoms with Gasteiger partial charge in [-0.05, 0) is 0 Å². The fraction of sp³-hybridized carbons (Fsp3) is 0.500. The Hall–Kier alpha value is -1.67. The molecule has 0 fully saturated rings. The van der Waals surface area contributed by atoms with Gasteiger partial charge in [0, 0.05) is 0 Å². The van der Waals surface area contributed by atoms with Crippen LogP contribution in [0.4, 0.5) is 0 Å². The molecule has 0 bridgehead atoms. The van der Waals surface area contributed by atoms with Crippen molar-refractivity contribution in [2.24, 2.45) is 5.73 Å². The Balaban J connectivity index is 4.99. The summed E-state index contributed by atoms with van der Waals surface area (Å²) in [5.41, 5.74) is 1.85. The van der Waals surface area contributed by atoms with Crippen LogP contribution in [0.25, 0.3) is 0 Å². The van der Waals surface area contributed by atoms with Gasteiger partial charge < -0.3 is 26.2 Å². The van der Waals surface area contributed by atoms with E-state index in [0.29, 0.717) is 0 Å². The van der Waals surface area contributed by atoms with Crippen LogP contribution < -0.4 is 5.73 Å². The molecule has 0 aliphatic heterocycles. The SMILES string of the molecule is N[C@H](C(=O)O)[C@@](O)(CC(=O)O)C(=O)O. The Morgan fingerprint density at radius 3 is 1.86 bits per heavy atom. The molecule has 80 valence electrons. The Kier molecular flexibility index (Phi) is 3.55. The monoisotopic (exact) mass is 207 g/mol. The van der Waals surface area contributed by atoms with E-state index in [1.54, 1.807) is 0 Å². The fourth-order valence-corrected chi connectivity index (χ4v) is 0.753. The van der Waals surface area contributed by atoms with E-state index in [2.05, 4.69) is 0 Å². The van der Waals surface area contributed by atoms with E-state index >= 15 is 0 Å². The van der Waals surface area contributed by atoms with E-state index in [9.17, 15) is 19.5 Å². The Morgan fingerprint density at radius 1 is 1.21 bits per heavy atom. The van der Waals surface area contributed by atoms with E-state index in [4.69, 9.17) is 21.1 Å². The van der Waals surface area contributed by atoms with Gasteiger partial charge >= 0.3 is 17.9 Å². The minimum atomic E-state index is -3.00. The number of carbonyl (C=O) groups is 3. The third kappa shape index (κ3) is 2.41. The smallest absolute Gasteiger partial charge is 0.338 e. The van der Waals surface area contributed by atoms with Crippen LogP contribution in [-0.4, -0.2) is 50.0 Å². The quantitative estimate of drug-likeness (QED) is 0.336. The van der Waals surface area contributed by atoms with Gasteiger partial charge in [0.15, 0.2) is 5.60 Å². The van der Waals surface area contributed by atoms with Gasteiger partial charge in [-0.2, -0.15) is 0 Å². The maximum absolute atomic E-state index is 10.4. The van der Waals surface area contributed by atoms with Gasteiger partial charge in [-0.3, -0.25) is 9.59 Å². The second kappa shape index (κ2) is 4.03. The first-order valence-corrected chi connectivity index (χ1v) is 3.37. The minimum absolute atomic E-state index is 1.28. The van der Waals surface area contributed by atoms with E-state index in [-0.39, 0.29) is 0 Å². The molecule has 0 saturated carbocycles. The van der Waals surface area contributed by atoms with Crippen molar-refractivity contribution in [3.8, 4) is 0 Å². The van der Waals surface area contributed by atoms with Gasteiger partial charge in [-0.25, -0.2) is 4.79 Å². The summed E-state index contributed by atoms with van der Waals surface area (Å²) in [6.45, 7) is 0. The topological polar surface area (TPSA) is 158 Å². The first-order chi connectivity index (χ1) is 6.21. The average Bonchev–Trinajstić information content (AvgIpc) is 2.00. The van der Waals surface area contributed by atoms with Gasteiger partial charge in [-0.15, -0.1) is 0 Å². The third-order valence-electron chi connectivity index (χ3n) is 1.57. The van der Waals surface area contributed by atoms with Crippen molar-refractivity contribution >= 4 is 17.9 Å². The van der Waals surface area contributed by atoms with Crippen LogP contribution in [0.2, 0.25) is 0 Å². The normalized spacial score (nSPS) is 16.7. The molecule has 0 amide bonds. The second-order valence-corrected chi connectivity index (χ2v) is 2.62. The number of hydrogen-bond acceptors (Lipinski definition) is 5. The maximum atomic E-state index is 10.4. The number of aliphatic hydroxyl groups is 1. The van der Waals surface area contributed by atoms with Crippen LogP contribution in [0.3, 0.4) is 0 Å². The largest absolute Gasteiger partial charge is 0.481 e. The van der Waals surface area contributed by atoms with E-state index < -0.39 is 36.0 Å². The predicted molar refractivity (Wildman–Crippen MR) is 40.4 cm³/mol. The highest BCUT2D eigenvalue weighted by molar-refractivity contribution is 5.91. The van der Waals surface area contributed by atoms with Gasteiger partial charge in [0.2, 0.25) is 0 Å². The van der Waals surface area contributed by atoms with E-state index in [1.807, 2.05) is 0 Å². The summed E-state index contributed by atoms with van der Waals surface area (Å²) in [4.78, 5) is 30.9. The van der Waals surface area contributed by atoms with Crippen molar-refractivity contribution < 1.29 is 34.8 Å². The molecule has 0 unspecified atom stereocenters. The molecule has 8 nitrogen and oxygen atoms in total. The highest BCUT2D eigenvalue weighted by Gasteiger charge is 2.48. The number of nitrogens with two attached hydrogens (primary N) is 1. The van der Waals surface area contributed by atoms with Crippen LogP contribution >= 0.6 is 0 Å².